The molecule has 106 valence electrons. The van der Waals surface area contributed by atoms with Gasteiger partial charge in [0.05, 0.1) is 12.3 Å². The van der Waals surface area contributed by atoms with E-state index in [2.05, 4.69) is 0 Å². The molecule has 0 saturated carbocycles. The number of benzene rings is 1. The van der Waals surface area contributed by atoms with Crippen LogP contribution in [0.2, 0.25) is 0 Å². The van der Waals surface area contributed by atoms with Crippen LogP contribution in [-0.2, 0) is 11.3 Å². The maximum Gasteiger partial charge on any atom is 0.266 e. The first-order valence-electron chi connectivity index (χ1n) is 6.37. The fourth-order valence-corrected chi connectivity index (χ4v) is 2.68. The molecule has 0 radical (unpaired) electrons. The number of carbonyl (C=O) groups excluding carboxylic acids is 1. The molecular formula is C15H18N2O2S. The zero-order valence-corrected chi connectivity index (χ0v) is 12.2. The first kappa shape index (κ1) is 14.6. The molecule has 0 aliphatic rings. The highest BCUT2D eigenvalue weighted by atomic mass is 32.1. The van der Waals surface area contributed by atoms with Gasteiger partial charge in [0.2, 0.25) is 0 Å². The van der Waals surface area contributed by atoms with E-state index in [1.54, 1.807) is 18.1 Å². The van der Waals surface area contributed by atoms with Crippen molar-refractivity contribution in [3.63, 3.8) is 0 Å². The van der Waals surface area contributed by atoms with Crippen LogP contribution in [0.15, 0.2) is 41.8 Å². The topological polar surface area (TPSA) is 55.6 Å². The lowest BCUT2D eigenvalue weighted by atomic mass is 10.2. The molecular weight excluding hydrogens is 272 g/mol. The van der Waals surface area contributed by atoms with Crippen LogP contribution >= 0.6 is 11.3 Å². The van der Waals surface area contributed by atoms with Gasteiger partial charge in [0.1, 0.15) is 4.88 Å². The van der Waals surface area contributed by atoms with Gasteiger partial charge in [0, 0.05) is 20.2 Å². The van der Waals surface area contributed by atoms with Crippen molar-refractivity contribution in [2.24, 2.45) is 0 Å². The van der Waals surface area contributed by atoms with Crippen molar-refractivity contribution < 1.29 is 9.53 Å². The monoisotopic (exact) mass is 290 g/mol. The smallest absolute Gasteiger partial charge is 0.266 e. The van der Waals surface area contributed by atoms with E-state index < -0.39 is 0 Å². The third-order valence-corrected chi connectivity index (χ3v) is 3.88. The molecule has 2 rings (SSSR count). The minimum absolute atomic E-state index is 0.0431. The van der Waals surface area contributed by atoms with Crippen LogP contribution < -0.4 is 5.73 Å². The Bertz CT molecular complexity index is 554. The number of ether oxygens (including phenoxy) is 1. The van der Waals surface area contributed by atoms with Crippen molar-refractivity contribution in [2.45, 2.75) is 6.54 Å². The quantitative estimate of drug-likeness (QED) is 0.889. The molecule has 1 heterocycles. The normalized spacial score (nSPS) is 10.4. The number of carbonyl (C=O) groups is 1. The molecule has 0 atom stereocenters. The lowest BCUT2D eigenvalue weighted by molar-refractivity contribution is 0.0686. The molecule has 1 amide bonds. The highest BCUT2D eigenvalue weighted by Gasteiger charge is 2.19. The van der Waals surface area contributed by atoms with Crippen LogP contribution in [0.4, 0.5) is 5.69 Å². The average Bonchev–Trinajstić information content (AvgIpc) is 2.90. The van der Waals surface area contributed by atoms with Crippen molar-refractivity contribution >= 4 is 22.9 Å². The zero-order valence-electron chi connectivity index (χ0n) is 11.4. The summed E-state index contributed by atoms with van der Waals surface area (Å²) < 4.78 is 5.09. The van der Waals surface area contributed by atoms with Crippen molar-refractivity contribution in [1.82, 2.24) is 4.90 Å². The van der Waals surface area contributed by atoms with Gasteiger partial charge in [-0.15, -0.1) is 11.3 Å². The third kappa shape index (κ3) is 3.59. The molecule has 0 aliphatic carbocycles. The van der Waals surface area contributed by atoms with Crippen LogP contribution in [0.1, 0.15) is 15.2 Å². The lowest BCUT2D eigenvalue weighted by Gasteiger charge is -2.22. The number of anilines is 1. The van der Waals surface area contributed by atoms with Gasteiger partial charge in [-0.1, -0.05) is 30.3 Å². The van der Waals surface area contributed by atoms with Gasteiger partial charge in [0.15, 0.2) is 0 Å². The Kier molecular flexibility index (Phi) is 5.15. The van der Waals surface area contributed by atoms with Crippen LogP contribution in [-0.4, -0.2) is 31.1 Å². The standard InChI is InChI=1S/C15H18N2O2S/c1-19-9-8-17(11-12-5-3-2-4-6-12)15(18)14-13(16)7-10-20-14/h2-7,10H,8-9,11,16H2,1H3. The molecule has 0 fully saturated rings. The Morgan fingerprint density at radius 1 is 1.30 bits per heavy atom. The van der Waals surface area contributed by atoms with E-state index in [4.69, 9.17) is 10.5 Å². The van der Waals surface area contributed by atoms with E-state index in [0.29, 0.717) is 30.3 Å². The summed E-state index contributed by atoms with van der Waals surface area (Å²) in [4.78, 5) is 14.9. The largest absolute Gasteiger partial charge is 0.397 e. The Morgan fingerprint density at radius 2 is 2.05 bits per heavy atom. The second-order valence-corrected chi connectivity index (χ2v) is 5.33. The maximum atomic E-state index is 12.5. The van der Waals surface area contributed by atoms with Gasteiger partial charge in [0.25, 0.3) is 5.91 Å². The number of thiophene rings is 1. The van der Waals surface area contributed by atoms with Gasteiger partial charge < -0.3 is 15.4 Å². The van der Waals surface area contributed by atoms with E-state index in [-0.39, 0.29) is 5.91 Å². The Labute approximate surface area is 122 Å². The molecule has 1 aromatic carbocycles. The van der Waals surface area contributed by atoms with E-state index in [9.17, 15) is 4.79 Å². The minimum Gasteiger partial charge on any atom is -0.397 e. The summed E-state index contributed by atoms with van der Waals surface area (Å²) in [5, 5.41) is 1.83. The molecule has 0 aliphatic heterocycles. The first-order valence-corrected chi connectivity index (χ1v) is 7.25. The van der Waals surface area contributed by atoms with Crippen LogP contribution in [0.25, 0.3) is 0 Å². The SMILES string of the molecule is COCCN(Cc1ccccc1)C(=O)c1sccc1N. The summed E-state index contributed by atoms with van der Waals surface area (Å²) >= 11 is 1.37. The number of nitrogen functional groups attached to an aromatic ring is 1. The summed E-state index contributed by atoms with van der Waals surface area (Å²) in [5.41, 5.74) is 7.46. The molecule has 4 nitrogen and oxygen atoms in total. The van der Waals surface area contributed by atoms with Gasteiger partial charge in [-0.05, 0) is 17.0 Å². The first-order chi connectivity index (χ1) is 9.72. The summed E-state index contributed by atoms with van der Waals surface area (Å²) in [6, 6.07) is 11.7. The van der Waals surface area contributed by atoms with Gasteiger partial charge in [-0.25, -0.2) is 0 Å². The Morgan fingerprint density at radius 3 is 2.65 bits per heavy atom. The summed E-state index contributed by atoms with van der Waals surface area (Å²) in [5.74, 6) is -0.0431. The third-order valence-electron chi connectivity index (χ3n) is 2.96. The predicted octanol–water partition coefficient (Wildman–Crippen LogP) is 2.62. The fraction of sp³-hybridized carbons (Fsp3) is 0.267. The molecule has 5 heteroatoms. The minimum atomic E-state index is -0.0431. The van der Waals surface area contributed by atoms with E-state index >= 15 is 0 Å². The summed E-state index contributed by atoms with van der Waals surface area (Å²) in [7, 11) is 1.63. The molecule has 0 bridgehead atoms. The summed E-state index contributed by atoms with van der Waals surface area (Å²) in [6.45, 7) is 1.60. The average molecular weight is 290 g/mol. The lowest BCUT2D eigenvalue weighted by Crippen LogP contribution is -2.33. The molecule has 2 aromatic rings. The van der Waals surface area contributed by atoms with Gasteiger partial charge >= 0.3 is 0 Å². The number of hydrogen-bond donors (Lipinski definition) is 1. The van der Waals surface area contributed by atoms with Crippen LogP contribution in [0, 0.1) is 0 Å². The van der Waals surface area contributed by atoms with Crippen molar-refractivity contribution in [3.8, 4) is 0 Å². The van der Waals surface area contributed by atoms with Crippen molar-refractivity contribution in [1.29, 1.82) is 0 Å². The van der Waals surface area contributed by atoms with Crippen LogP contribution in [0.3, 0.4) is 0 Å². The maximum absolute atomic E-state index is 12.5. The van der Waals surface area contributed by atoms with Gasteiger partial charge in [-0.2, -0.15) is 0 Å². The number of rotatable bonds is 6. The molecule has 0 saturated heterocycles. The fourth-order valence-electron chi connectivity index (χ4n) is 1.89. The van der Waals surface area contributed by atoms with Gasteiger partial charge in [-0.3, -0.25) is 4.79 Å². The molecule has 2 N–H and O–H groups in total. The van der Waals surface area contributed by atoms with Crippen molar-refractivity contribution in [2.75, 3.05) is 26.0 Å². The second kappa shape index (κ2) is 7.07. The molecule has 0 unspecified atom stereocenters. The number of amides is 1. The Balaban J connectivity index is 2.15. The molecule has 0 spiro atoms. The number of nitrogens with zero attached hydrogens (tertiary/aromatic N) is 1. The number of nitrogens with two attached hydrogens (primary N) is 1. The number of methoxy groups -OCH3 is 1. The Hall–Kier alpha value is -1.85. The zero-order chi connectivity index (χ0) is 14.4. The highest BCUT2D eigenvalue weighted by molar-refractivity contribution is 7.12. The predicted molar refractivity (Wildman–Crippen MR) is 81.8 cm³/mol. The van der Waals surface area contributed by atoms with Crippen LogP contribution in [0.5, 0.6) is 0 Å². The second-order valence-electron chi connectivity index (χ2n) is 4.41. The highest BCUT2D eigenvalue weighted by Crippen LogP contribution is 2.21. The van der Waals surface area contributed by atoms with E-state index in [1.165, 1.54) is 11.3 Å². The number of hydrogen-bond acceptors (Lipinski definition) is 4. The van der Waals surface area contributed by atoms with E-state index in [1.807, 2.05) is 35.7 Å². The molecule has 1 aromatic heterocycles. The molecule has 20 heavy (non-hydrogen) atoms. The van der Waals surface area contributed by atoms with E-state index in [0.717, 1.165) is 5.56 Å². The summed E-state index contributed by atoms with van der Waals surface area (Å²) in [6.07, 6.45) is 0. The van der Waals surface area contributed by atoms with Crippen molar-refractivity contribution in [3.05, 3.63) is 52.2 Å².